The fourth-order valence-electron chi connectivity index (χ4n) is 3.11. The summed E-state index contributed by atoms with van der Waals surface area (Å²) in [7, 11) is -3.63. The molecule has 0 heterocycles. The Balaban J connectivity index is 1.43. The molecule has 2 aromatic carbocycles. The van der Waals surface area contributed by atoms with E-state index in [-0.39, 0.29) is 10.7 Å². The van der Waals surface area contributed by atoms with Gasteiger partial charge in [0.25, 0.3) is 0 Å². The van der Waals surface area contributed by atoms with E-state index in [1.54, 1.807) is 18.2 Å². The van der Waals surface area contributed by atoms with Crippen LogP contribution < -0.4 is 10.5 Å². The zero-order valence-electron chi connectivity index (χ0n) is 13.3. The first-order chi connectivity index (χ1) is 11.4. The number of nitrogens with one attached hydrogen (secondary N) is 1. The van der Waals surface area contributed by atoms with E-state index in [2.05, 4.69) is 5.32 Å². The highest BCUT2D eigenvalue weighted by Crippen LogP contribution is 2.37. The molecule has 1 saturated carbocycles. The molecule has 2 aromatic rings. The average molecular weight is 348 g/mol. The van der Waals surface area contributed by atoms with Gasteiger partial charge in [0.05, 0.1) is 4.90 Å². The third kappa shape index (κ3) is 4.01. The first-order valence-corrected chi connectivity index (χ1v) is 9.57. The molecule has 128 valence electrons. The second-order valence-corrected chi connectivity index (χ2v) is 7.84. The average Bonchev–Trinajstić information content (AvgIpc) is 2.50. The van der Waals surface area contributed by atoms with Crippen LogP contribution in [0.25, 0.3) is 0 Å². The maximum atomic E-state index is 13.7. The highest BCUT2D eigenvalue weighted by molar-refractivity contribution is 7.89. The fourth-order valence-corrected chi connectivity index (χ4v) is 3.63. The van der Waals surface area contributed by atoms with Crippen LogP contribution in [0.4, 0.5) is 4.39 Å². The summed E-state index contributed by atoms with van der Waals surface area (Å²) in [6, 6.07) is 14.0. The van der Waals surface area contributed by atoms with E-state index >= 15 is 0 Å². The van der Waals surface area contributed by atoms with Gasteiger partial charge in [-0.15, -0.1) is 0 Å². The number of nitrogens with two attached hydrogens (primary N) is 1. The van der Waals surface area contributed by atoms with E-state index in [0.717, 1.165) is 36.9 Å². The predicted octanol–water partition coefficient (Wildman–Crippen LogP) is 2.55. The van der Waals surface area contributed by atoms with Crippen LogP contribution >= 0.6 is 0 Å². The van der Waals surface area contributed by atoms with E-state index < -0.39 is 10.0 Å². The van der Waals surface area contributed by atoms with Gasteiger partial charge in [-0.25, -0.2) is 17.9 Å². The monoisotopic (exact) mass is 348 g/mol. The summed E-state index contributed by atoms with van der Waals surface area (Å²) < 4.78 is 36.1. The van der Waals surface area contributed by atoms with Crippen LogP contribution in [-0.4, -0.2) is 21.0 Å². The Morgan fingerprint density at radius 2 is 1.75 bits per heavy atom. The lowest BCUT2D eigenvalue weighted by molar-refractivity contribution is 0.287. The summed E-state index contributed by atoms with van der Waals surface area (Å²) in [6.07, 6.45) is 2.71. The van der Waals surface area contributed by atoms with Crippen LogP contribution in [0.15, 0.2) is 53.4 Å². The van der Waals surface area contributed by atoms with Crippen LogP contribution in [-0.2, 0) is 16.4 Å². The molecule has 0 unspecified atom stereocenters. The quantitative estimate of drug-likeness (QED) is 0.843. The molecule has 3 N–H and O–H groups in total. The van der Waals surface area contributed by atoms with E-state index in [4.69, 9.17) is 5.14 Å². The summed E-state index contributed by atoms with van der Waals surface area (Å²) in [4.78, 5) is 0.130. The number of halogens is 1. The second-order valence-electron chi connectivity index (χ2n) is 6.28. The van der Waals surface area contributed by atoms with Crippen LogP contribution in [0, 0.1) is 5.82 Å². The summed E-state index contributed by atoms with van der Waals surface area (Å²) in [5.41, 5.74) is 1.87. The van der Waals surface area contributed by atoms with E-state index in [0.29, 0.717) is 12.0 Å². The molecule has 24 heavy (non-hydrogen) atoms. The minimum atomic E-state index is -3.63. The van der Waals surface area contributed by atoms with Gasteiger partial charge in [0, 0.05) is 6.04 Å². The molecule has 0 bridgehead atoms. The van der Waals surface area contributed by atoms with Crippen molar-refractivity contribution in [3.05, 3.63) is 65.5 Å². The molecule has 0 atom stereocenters. The van der Waals surface area contributed by atoms with Gasteiger partial charge in [-0.2, -0.15) is 0 Å². The molecular formula is C18H21FN2O2S. The van der Waals surface area contributed by atoms with Crippen molar-refractivity contribution >= 4 is 10.0 Å². The SMILES string of the molecule is NS(=O)(=O)c1ccc(CCNC2CC(c3ccccc3F)C2)cc1. The Morgan fingerprint density at radius 3 is 2.38 bits per heavy atom. The lowest BCUT2D eigenvalue weighted by Gasteiger charge is -2.36. The molecule has 0 radical (unpaired) electrons. The highest BCUT2D eigenvalue weighted by atomic mass is 32.2. The Kier molecular flexibility index (Phi) is 4.99. The molecule has 0 saturated heterocycles. The van der Waals surface area contributed by atoms with Gasteiger partial charge in [0.2, 0.25) is 10.0 Å². The summed E-state index contributed by atoms with van der Waals surface area (Å²) in [5.74, 6) is 0.189. The molecule has 1 aliphatic rings. The third-order valence-electron chi connectivity index (χ3n) is 4.58. The van der Waals surface area contributed by atoms with Gasteiger partial charge in [-0.1, -0.05) is 30.3 Å². The maximum absolute atomic E-state index is 13.7. The minimum Gasteiger partial charge on any atom is -0.314 e. The Morgan fingerprint density at radius 1 is 1.08 bits per heavy atom. The van der Waals surface area contributed by atoms with Gasteiger partial charge in [0.1, 0.15) is 5.82 Å². The normalized spacial score (nSPS) is 20.6. The molecule has 1 fully saturated rings. The lowest BCUT2D eigenvalue weighted by Crippen LogP contribution is -2.41. The Labute approximate surface area is 141 Å². The first-order valence-electron chi connectivity index (χ1n) is 8.03. The highest BCUT2D eigenvalue weighted by Gasteiger charge is 2.31. The second kappa shape index (κ2) is 7.01. The number of benzene rings is 2. The van der Waals surface area contributed by atoms with E-state index in [1.807, 2.05) is 12.1 Å². The topological polar surface area (TPSA) is 72.2 Å². The number of rotatable bonds is 6. The van der Waals surface area contributed by atoms with Gasteiger partial charge in [-0.3, -0.25) is 0 Å². The number of primary sulfonamides is 1. The Hall–Kier alpha value is -1.76. The van der Waals surface area contributed by atoms with Gasteiger partial charge in [0.15, 0.2) is 0 Å². The van der Waals surface area contributed by atoms with Crippen LogP contribution in [0.3, 0.4) is 0 Å². The maximum Gasteiger partial charge on any atom is 0.238 e. The minimum absolute atomic E-state index is 0.115. The largest absolute Gasteiger partial charge is 0.314 e. The van der Waals surface area contributed by atoms with Crippen LogP contribution in [0.2, 0.25) is 0 Å². The van der Waals surface area contributed by atoms with Gasteiger partial charge in [-0.05, 0) is 61.1 Å². The lowest BCUT2D eigenvalue weighted by atomic mass is 9.75. The van der Waals surface area contributed by atoms with Gasteiger partial charge < -0.3 is 5.32 Å². The predicted molar refractivity (Wildman–Crippen MR) is 91.7 cm³/mol. The number of sulfonamides is 1. The zero-order chi connectivity index (χ0) is 17.2. The third-order valence-corrected chi connectivity index (χ3v) is 5.51. The molecule has 1 aliphatic carbocycles. The molecule has 0 aliphatic heterocycles. The summed E-state index contributed by atoms with van der Waals surface area (Å²) >= 11 is 0. The number of hydrogen-bond acceptors (Lipinski definition) is 3. The van der Waals surface area contributed by atoms with Crippen molar-refractivity contribution in [1.82, 2.24) is 5.32 Å². The van der Waals surface area contributed by atoms with Crippen molar-refractivity contribution in [2.75, 3.05) is 6.54 Å². The summed E-state index contributed by atoms with van der Waals surface area (Å²) in [6.45, 7) is 0.809. The van der Waals surface area contributed by atoms with Crippen molar-refractivity contribution in [3.8, 4) is 0 Å². The van der Waals surface area contributed by atoms with Crippen LogP contribution in [0.5, 0.6) is 0 Å². The first kappa shape index (κ1) is 17.1. The smallest absolute Gasteiger partial charge is 0.238 e. The standard InChI is InChI=1S/C18H21FN2O2S/c19-18-4-2-1-3-17(18)14-11-15(12-14)21-10-9-13-5-7-16(8-6-13)24(20,22)23/h1-8,14-15,21H,9-12H2,(H2,20,22,23). The molecule has 0 amide bonds. The van der Waals surface area contributed by atoms with Gasteiger partial charge >= 0.3 is 0 Å². The fraction of sp³-hybridized carbons (Fsp3) is 0.333. The van der Waals surface area contributed by atoms with E-state index in [1.165, 1.54) is 18.2 Å². The van der Waals surface area contributed by atoms with Crippen molar-refractivity contribution < 1.29 is 12.8 Å². The van der Waals surface area contributed by atoms with E-state index in [9.17, 15) is 12.8 Å². The van der Waals surface area contributed by atoms with Crippen molar-refractivity contribution in [1.29, 1.82) is 0 Å². The molecular weight excluding hydrogens is 327 g/mol. The molecule has 0 aromatic heterocycles. The van der Waals surface area contributed by atoms with Crippen molar-refractivity contribution in [2.45, 2.75) is 36.1 Å². The molecule has 4 nitrogen and oxygen atoms in total. The number of hydrogen-bond donors (Lipinski definition) is 2. The molecule has 6 heteroatoms. The molecule has 3 rings (SSSR count). The van der Waals surface area contributed by atoms with Crippen LogP contribution in [0.1, 0.15) is 29.9 Å². The zero-order valence-corrected chi connectivity index (χ0v) is 14.1. The van der Waals surface area contributed by atoms with Crippen molar-refractivity contribution in [3.63, 3.8) is 0 Å². The summed E-state index contributed by atoms with van der Waals surface area (Å²) in [5, 5.41) is 8.54. The Bertz CT molecular complexity index is 800. The molecule has 0 spiro atoms. The van der Waals surface area contributed by atoms with Crippen molar-refractivity contribution in [2.24, 2.45) is 5.14 Å².